The maximum absolute atomic E-state index is 13.1. The Morgan fingerprint density at radius 3 is 2.47 bits per heavy atom. The topological polar surface area (TPSA) is 27.0 Å². The molecule has 0 aliphatic carbocycles. The average Bonchev–Trinajstić information content (AvgIpc) is 2.31. The van der Waals surface area contributed by atoms with Crippen LogP contribution in [0, 0.1) is 17.1 Å². The standard InChI is InChI=1S/C14H15FN2/c1-3-8-17(9-4-2)14(11-16)12-6-5-7-13(15)10-12/h3-7,10,14H,1-2,8-9H2. The van der Waals surface area contributed by atoms with Crippen LogP contribution in [0.1, 0.15) is 11.6 Å². The Bertz CT molecular complexity index is 424. The number of benzene rings is 1. The van der Waals surface area contributed by atoms with Gasteiger partial charge in [0.1, 0.15) is 11.9 Å². The molecule has 0 aliphatic heterocycles. The van der Waals surface area contributed by atoms with Crippen molar-refractivity contribution < 1.29 is 4.39 Å². The summed E-state index contributed by atoms with van der Waals surface area (Å²) in [4.78, 5) is 1.87. The van der Waals surface area contributed by atoms with Crippen LogP contribution in [0.15, 0.2) is 49.6 Å². The van der Waals surface area contributed by atoms with Crippen LogP contribution in [0.2, 0.25) is 0 Å². The molecule has 0 saturated heterocycles. The molecule has 0 radical (unpaired) electrons. The van der Waals surface area contributed by atoms with Crippen LogP contribution < -0.4 is 0 Å². The number of nitrogens with zero attached hydrogens (tertiary/aromatic N) is 2. The highest BCUT2D eigenvalue weighted by atomic mass is 19.1. The van der Waals surface area contributed by atoms with E-state index < -0.39 is 6.04 Å². The molecule has 0 heterocycles. The van der Waals surface area contributed by atoms with Gasteiger partial charge in [-0.2, -0.15) is 5.26 Å². The van der Waals surface area contributed by atoms with Gasteiger partial charge in [-0.1, -0.05) is 24.3 Å². The van der Waals surface area contributed by atoms with E-state index in [4.69, 9.17) is 0 Å². The lowest BCUT2D eigenvalue weighted by atomic mass is 10.1. The molecule has 2 nitrogen and oxygen atoms in total. The minimum absolute atomic E-state index is 0.333. The van der Waals surface area contributed by atoms with Crippen LogP contribution in [-0.2, 0) is 0 Å². The molecule has 1 aromatic carbocycles. The van der Waals surface area contributed by atoms with Crippen LogP contribution >= 0.6 is 0 Å². The van der Waals surface area contributed by atoms with E-state index in [1.54, 1.807) is 24.3 Å². The predicted molar refractivity (Wildman–Crippen MR) is 66.7 cm³/mol. The van der Waals surface area contributed by atoms with Gasteiger partial charge in [-0.15, -0.1) is 13.2 Å². The zero-order valence-electron chi connectivity index (χ0n) is 9.64. The first-order valence-electron chi connectivity index (χ1n) is 5.33. The van der Waals surface area contributed by atoms with E-state index in [1.807, 2.05) is 4.90 Å². The van der Waals surface area contributed by atoms with E-state index in [0.29, 0.717) is 18.7 Å². The fourth-order valence-corrected chi connectivity index (χ4v) is 1.66. The van der Waals surface area contributed by atoms with E-state index in [0.717, 1.165) is 0 Å². The van der Waals surface area contributed by atoms with Crippen molar-refractivity contribution in [2.45, 2.75) is 6.04 Å². The lowest BCUT2D eigenvalue weighted by Gasteiger charge is -2.24. The lowest BCUT2D eigenvalue weighted by molar-refractivity contribution is 0.290. The van der Waals surface area contributed by atoms with Crippen LogP contribution in [-0.4, -0.2) is 18.0 Å². The van der Waals surface area contributed by atoms with Crippen molar-refractivity contribution in [3.63, 3.8) is 0 Å². The van der Waals surface area contributed by atoms with Crippen molar-refractivity contribution in [3.05, 3.63) is 61.0 Å². The van der Waals surface area contributed by atoms with Gasteiger partial charge in [-0.05, 0) is 17.7 Å². The second-order valence-corrected chi connectivity index (χ2v) is 3.62. The Balaban J connectivity index is 2.99. The molecule has 0 aliphatic rings. The van der Waals surface area contributed by atoms with Crippen LogP contribution in [0.25, 0.3) is 0 Å². The summed E-state index contributed by atoms with van der Waals surface area (Å²) in [5.41, 5.74) is 0.649. The monoisotopic (exact) mass is 230 g/mol. The molecule has 3 heteroatoms. The fraction of sp³-hybridized carbons (Fsp3) is 0.214. The predicted octanol–water partition coefficient (Wildman–Crippen LogP) is 3.06. The molecule has 1 rings (SSSR count). The average molecular weight is 230 g/mol. The van der Waals surface area contributed by atoms with Crippen LogP contribution in [0.3, 0.4) is 0 Å². The van der Waals surface area contributed by atoms with Crippen molar-refractivity contribution in [1.29, 1.82) is 5.26 Å². The van der Waals surface area contributed by atoms with Gasteiger partial charge < -0.3 is 0 Å². The number of halogens is 1. The number of hydrogen-bond donors (Lipinski definition) is 0. The minimum Gasteiger partial charge on any atom is -0.277 e. The fourth-order valence-electron chi connectivity index (χ4n) is 1.66. The molecular weight excluding hydrogens is 215 g/mol. The molecule has 17 heavy (non-hydrogen) atoms. The highest BCUT2D eigenvalue weighted by molar-refractivity contribution is 5.25. The van der Waals surface area contributed by atoms with Gasteiger partial charge in [0.2, 0.25) is 0 Å². The highest BCUT2D eigenvalue weighted by Gasteiger charge is 2.18. The van der Waals surface area contributed by atoms with Crippen LogP contribution in [0.4, 0.5) is 4.39 Å². The third-order valence-electron chi connectivity index (χ3n) is 2.38. The van der Waals surface area contributed by atoms with Gasteiger partial charge >= 0.3 is 0 Å². The first-order chi connectivity index (χ1) is 8.22. The molecule has 1 unspecified atom stereocenters. The van der Waals surface area contributed by atoms with E-state index in [1.165, 1.54) is 12.1 Å². The van der Waals surface area contributed by atoms with Crippen molar-refractivity contribution in [2.75, 3.05) is 13.1 Å². The minimum atomic E-state index is -0.485. The van der Waals surface area contributed by atoms with Gasteiger partial charge in [0.15, 0.2) is 0 Å². The third-order valence-corrected chi connectivity index (χ3v) is 2.38. The summed E-state index contributed by atoms with van der Waals surface area (Å²) in [6.45, 7) is 8.42. The maximum atomic E-state index is 13.1. The Kier molecular flexibility index (Phi) is 5.12. The second kappa shape index (κ2) is 6.62. The van der Waals surface area contributed by atoms with E-state index in [2.05, 4.69) is 19.2 Å². The summed E-state index contributed by atoms with van der Waals surface area (Å²) in [6, 6.07) is 7.79. The Morgan fingerprint density at radius 1 is 1.35 bits per heavy atom. The Labute approximate surface area is 101 Å². The van der Waals surface area contributed by atoms with E-state index in [9.17, 15) is 9.65 Å². The van der Waals surface area contributed by atoms with E-state index in [-0.39, 0.29) is 5.82 Å². The quantitative estimate of drug-likeness (QED) is 0.702. The van der Waals surface area contributed by atoms with Gasteiger partial charge in [0.05, 0.1) is 6.07 Å². The van der Waals surface area contributed by atoms with Crippen molar-refractivity contribution in [1.82, 2.24) is 4.90 Å². The summed E-state index contributed by atoms with van der Waals surface area (Å²) in [7, 11) is 0. The molecule has 88 valence electrons. The zero-order chi connectivity index (χ0) is 12.7. The summed E-state index contributed by atoms with van der Waals surface area (Å²) in [5.74, 6) is -0.333. The van der Waals surface area contributed by atoms with Crippen molar-refractivity contribution in [2.24, 2.45) is 0 Å². The van der Waals surface area contributed by atoms with Crippen molar-refractivity contribution >= 4 is 0 Å². The van der Waals surface area contributed by atoms with Crippen molar-refractivity contribution in [3.8, 4) is 6.07 Å². The lowest BCUT2D eigenvalue weighted by Crippen LogP contribution is -2.28. The number of nitriles is 1. The molecule has 0 spiro atoms. The SMILES string of the molecule is C=CCN(CC=C)C(C#N)c1cccc(F)c1. The van der Waals surface area contributed by atoms with Gasteiger partial charge in [-0.3, -0.25) is 4.90 Å². The second-order valence-electron chi connectivity index (χ2n) is 3.62. The summed E-state index contributed by atoms with van der Waals surface area (Å²) in [5, 5.41) is 9.21. The molecular formula is C14H15FN2. The number of hydrogen-bond acceptors (Lipinski definition) is 2. The Morgan fingerprint density at radius 2 is 2.00 bits per heavy atom. The molecule has 0 amide bonds. The largest absolute Gasteiger partial charge is 0.277 e. The van der Waals surface area contributed by atoms with Crippen LogP contribution in [0.5, 0.6) is 0 Å². The number of rotatable bonds is 6. The molecule has 1 aromatic rings. The zero-order valence-corrected chi connectivity index (χ0v) is 9.64. The van der Waals surface area contributed by atoms with E-state index >= 15 is 0 Å². The first kappa shape index (κ1) is 13.1. The van der Waals surface area contributed by atoms with Gasteiger partial charge in [0, 0.05) is 13.1 Å². The normalized spacial score (nSPS) is 11.8. The smallest absolute Gasteiger partial charge is 0.124 e. The third kappa shape index (κ3) is 3.54. The van der Waals surface area contributed by atoms with Gasteiger partial charge in [0.25, 0.3) is 0 Å². The molecule has 0 N–H and O–H groups in total. The summed E-state index contributed by atoms with van der Waals surface area (Å²) >= 11 is 0. The molecule has 0 fully saturated rings. The highest BCUT2D eigenvalue weighted by Crippen LogP contribution is 2.20. The Hall–Kier alpha value is -1.92. The molecule has 0 bridgehead atoms. The summed E-state index contributed by atoms with van der Waals surface area (Å²) < 4.78 is 13.1. The molecule has 1 atom stereocenters. The maximum Gasteiger partial charge on any atom is 0.124 e. The summed E-state index contributed by atoms with van der Waals surface area (Å²) in [6.07, 6.45) is 3.43. The first-order valence-corrected chi connectivity index (χ1v) is 5.33. The van der Waals surface area contributed by atoms with Gasteiger partial charge in [-0.25, -0.2) is 4.39 Å². The molecule has 0 aromatic heterocycles. The molecule has 0 saturated carbocycles.